The molecule has 0 unspecified atom stereocenters. The highest BCUT2D eigenvalue weighted by atomic mass is 16.4. The Kier molecular flexibility index (Phi) is 4.55. The second-order valence-corrected chi connectivity index (χ2v) is 2.30. The number of aliphatic hydroxyl groups is 5. The van der Waals surface area contributed by atoms with Gasteiger partial charge in [-0.05, 0) is 6.92 Å². The van der Waals surface area contributed by atoms with Crippen LogP contribution in [0.5, 0.6) is 0 Å². The van der Waals surface area contributed by atoms with Gasteiger partial charge in [0.25, 0.3) is 0 Å². The molecule has 5 N–H and O–H groups in total. The van der Waals surface area contributed by atoms with Crippen LogP contribution in [-0.4, -0.2) is 50.5 Å². The molecule has 0 amide bonds. The third-order valence-corrected chi connectivity index (χ3v) is 1.28. The van der Waals surface area contributed by atoms with Crippen molar-refractivity contribution < 1.29 is 25.5 Å². The minimum Gasteiger partial charge on any atom is -0.394 e. The number of aliphatic hydroxyl groups excluding tert-OH is 5. The summed E-state index contributed by atoms with van der Waals surface area (Å²) in [5.74, 6) is 0. The van der Waals surface area contributed by atoms with Crippen molar-refractivity contribution in [2.45, 2.75) is 25.2 Å². The first-order chi connectivity index (χ1) is 5.00. The smallest absolute Gasteiger partial charge is 0.152 e. The third kappa shape index (κ3) is 3.13. The molecule has 0 aliphatic carbocycles. The van der Waals surface area contributed by atoms with Crippen LogP contribution in [-0.2, 0) is 0 Å². The summed E-state index contributed by atoms with van der Waals surface area (Å²) in [6, 6.07) is 0. The van der Waals surface area contributed by atoms with Crippen molar-refractivity contribution in [3.63, 3.8) is 0 Å². The fourth-order valence-electron chi connectivity index (χ4n) is 0.544. The lowest BCUT2D eigenvalue weighted by molar-refractivity contribution is -0.0596. The molecule has 0 aromatic rings. The maximum absolute atomic E-state index is 8.90. The first kappa shape index (κ1) is 10.8. The Morgan fingerprint density at radius 3 is 2.00 bits per heavy atom. The Labute approximate surface area is 64.5 Å². The fraction of sp³-hybridized carbons (Fsp3) is 0.833. The van der Waals surface area contributed by atoms with Crippen LogP contribution in [0.4, 0.5) is 0 Å². The van der Waals surface area contributed by atoms with Crippen LogP contribution in [0.2, 0.25) is 0 Å². The quantitative estimate of drug-likeness (QED) is 0.331. The van der Waals surface area contributed by atoms with E-state index in [-0.39, 0.29) is 0 Å². The maximum atomic E-state index is 8.90. The molecular weight excluding hydrogens is 152 g/mol. The summed E-state index contributed by atoms with van der Waals surface area (Å²) in [4.78, 5) is 0. The summed E-state index contributed by atoms with van der Waals surface area (Å²) in [5, 5.41) is 43.5. The second-order valence-electron chi connectivity index (χ2n) is 2.30. The van der Waals surface area contributed by atoms with Crippen molar-refractivity contribution in [2.24, 2.45) is 0 Å². The van der Waals surface area contributed by atoms with Crippen molar-refractivity contribution in [1.29, 1.82) is 0 Å². The monoisotopic (exact) mass is 165 g/mol. The van der Waals surface area contributed by atoms with Gasteiger partial charge in [0.1, 0.15) is 12.2 Å². The Hall–Kier alpha value is -0.200. The van der Waals surface area contributed by atoms with E-state index in [0.29, 0.717) is 0 Å². The zero-order valence-corrected chi connectivity index (χ0v) is 6.18. The van der Waals surface area contributed by atoms with Crippen molar-refractivity contribution in [2.75, 3.05) is 6.61 Å². The van der Waals surface area contributed by atoms with Gasteiger partial charge < -0.3 is 25.5 Å². The maximum Gasteiger partial charge on any atom is 0.152 e. The largest absolute Gasteiger partial charge is 0.394 e. The topological polar surface area (TPSA) is 101 Å². The van der Waals surface area contributed by atoms with E-state index in [1.807, 2.05) is 0 Å². The lowest BCUT2D eigenvalue weighted by atomic mass is 10.1. The molecule has 0 bridgehead atoms. The van der Waals surface area contributed by atoms with Crippen molar-refractivity contribution in [3.8, 4) is 0 Å². The van der Waals surface area contributed by atoms with E-state index in [1.54, 1.807) is 0 Å². The highest BCUT2D eigenvalue weighted by Crippen LogP contribution is 2.10. The minimum absolute atomic E-state index is 0.647. The highest BCUT2D eigenvalue weighted by Gasteiger charge is 2.28. The van der Waals surface area contributed by atoms with Gasteiger partial charge in [-0.15, -0.1) is 0 Å². The average molecular weight is 165 g/mol. The SMILES string of the molecule is C[C@H](O)[C](O)[C@@H](O)[C@H](O)CO. The van der Waals surface area contributed by atoms with Gasteiger partial charge in [0.2, 0.25) is 0 Å². The molecule has 0 aromatic carbocycles. The second kappa shape index (κ2) is 4.63. The molecule has 0 fully saturated rings. The van der Waals surface area contributed by atoms with Crippen LogP contribution < -0.4 is 0 Å². The summed E-state index contributed by atoms with van der Waals surface area (Å²) in [5.41, 5.74) is 0. The third-order valence-electron chi connectivity index (χ3n) is 1.28. The number of hydrogen-bond acceptors (Lipinski definition) is 5. The molecule has 0 aliphatic rings. The molecule has 3 atom stereocenters. The summed E-state index contributed by atoms with van der Waals surface area (Å²) >= 11 is 0. The molecule has 1 radical (unpaired) electrons. The van der Waals surface area contributed by atoms with Gasteiger partial charge in [-0.25, -0.2) is 0 Å². The van der Waals surface area contributed by atoms with Gasteiger partial charge in [-0.2, -0.15) is 0 Å². The molecular formula is C6H13O5. The van der Waals surface area contributed by atoms with E-state index in [4.69, 9.17) is 25.5 Å². The molecule has 11 heavy (non-hydrogen) atoms. The first-order valence-electron chi connectivity index (χ1n) is 3.21. The van der Waals surface area contributed by atoms with Gasteiger partial charge in [-0.1, -0.05) is 0 Å². The molecule has 0 spiro atoms. The predicted octanol–water partition coefficient (Wildman–Crippen LogP) is -2.01. The molecule has 0 saturated heterocycles. The molecule has 0 rings (SSSR count). The molecule has 5 heteroatoms. The van der Waals surface area contributed by atoms with Gasteiger partial charge in [0, 0.05) is 0 Å². The Morgan fingerprint density at radius 1 is 1.27 bits per heavy atom. The molecule has 0 heterocycles. The van der Waals surface area contributed by atoms with Crippen LogP contribution >= 0.6 is 0 Å². The lowest BCUT2D eigenvalue weighted by Crippen LogP contribution is -2.39. The molecule has 0 aromatic heterocycles. The summed E-state index contributed by atoms with van der Waals surface area (Å²) in [6.07, 6.45) is -4.91. The van der Waals surface area contributed by atoms with Crippen LogP contribution in [0.15, 0.2) is 0 Å². The van der Waals surface area contributed by atoms with E-state index in [2.05, 4.69) is 0 Å². The van der Waals surface area contributed by atoms with Crippen LogP contribution in [0, 0.1) is 6.10 Å². The van der Waals surface area contributed by atoms with Gasteiger partial charge in [0.05, 0.1) is 12.7 Å². The number of rotatable bonds is 4. The van der Waals surface area contributed by atoms with Crippen molar-refractivity contribution in [1.82, 2.24) is 0 Å². The normalized spacial score (nSPS) is 19.9. The average Bonchev–Trinajstić information content (AvgIpc) is 2.00. The van der Waals surface area contributed by atoms with Crippen molar-refractivity contribution >= 4 is 0 Å². The van der Waals surface area contributed by atoms with E-state index in [1.165, 1.54) is 6.92 Å². The molecule has 0 aliphatic heterocycles. The molecule has 0 saturated carbocycles. The summed E-state index contributed by atoms with van der Waals surface area (Å²) in [6.45, 7) is 0.570. The zero-order chi connectivity index (χ0) is 9.02. The summed E-state index contributed by atoms with van der Waals surface area (Å²) in [7, 11) is 0. The Bertz CT molecular complexity index is 105. The predicted molar refractivity (Wildman–Crippen MR) is 36.0 cm³/mol. The zero-order valence-electron chi connectivity index (χ0n) is 6.18. The Morgan fingerprint density at radius 2 is 1.73 bits per heavy atom. The first-order valence-corrected chi connectivity index (χ1v) is 3.21. The van der Waals surface area contributed by atoms with Crippen LogP contribution in [0.1, 0.15) is 6.92 Å². The standard InChI is InChI=1S/C6H13O5/c1-3(8)5(10)6(11)4(9)2-7/h3-4,6-11H,2H2,1H3/t3-,4+,6-/m0/s1. The van der Waals surface area contributed by atoms with Gasteiger partial charge >= 0.3 is 0 Å². The van der Waals surface area contributed by atoms with Crippen LogP contribution in [0.25, 0.3) is 0 Å². The molecule has 67 valence electrons. The summed E-state index contributed by atoms with van der Waals surface area (Å²) < 4.78 is 0. The lowest BCUT2D eigenvalue weighted by Gasteiger charge is -2.21. The number of hydrogen-bond donors (Lipinski definition) is 5. The van der Waals surface area contributed by atoms with E-state index in [0.717, 1.165) is 0 Å². The van der Waals surface area contributed by atoms with Crippen molar-refractivity contribution in [3.05, 3.63) is 6.10 Å². The highest BCUT2D eigenvalue weighted by molar-refractivity contribution is 4.93. The van der Waals surface area contributed by atoms with E-state index >= 15 is 0 Å². The minimum atomic E-state index is -1.60. The Balaban J connectivity index is 3.90. The fourth-order valence-corrected chi connectivity index (χ4v) is 0.544. The van der Waals surface area contributed by atoms with E-state index in [9.17, 15) is 0 Å². The van der Waals surface area contributed by atoms with E-state index < -0.39 is 31.0 Å². The molecule has 5 nitrogen and oxygen atoms in total. The van der Waals surface area contributed by atoms with Gasteiger partial charge in [-0.3, -0.25) is 0 Å². The van der Waals surface area contributed by atoms with Crippen LogP contribution in [0.3, 0.4) is 0 Å². The van der Waals surface area contributed by atoms with Gasteiger partial charge in [0.15, 0.2) is 6.10 Å².